The molecule has 154 valence electrons. The minimum atomic E-state index is -0.820. The lowest BCUT2D eigenvalue weighted by Crippen LogP contribution is -2.54. The summed E-state index contributed by atoms with van der Waals surface area (Å²) in [6, 6.07) is 0. The summed E-state index contributed by atoms with van der Waals surface area (Å²) in [5.41, 5.74) is 2.73. The van der Waals surface area contributed by atoms with E-state index in [9.17, 15) is 5.11 Å². The standard InChI is InChI=1S/C25H37NO2/c1-23-14-15-24(2)22(11-13-25(24,27)12-6-16-26(3)4)21(23)9-7-18-17-19(28-5)8-10-20(18)23/h8,21-22,27H,7,9-11,13-17H2,1-5H3/t21-,22-,23+,24-,25-/m0/s1. The third-order valence-corrected chi connectivity index (χ3v) is 8.80. The maximum absolute atomic E-state index is 11.6. The Balaban J connectivity index is 1.62. The Morgan fingerprint density at radius 1 is 1.18 bits per heavy atom. The molecule has 4 aliphatic rings. The first kappa shape index (κ1) is 20.0. The molecule has 0 spiro atoms. The molecular weight excluding hydrogens is 346 g/mol. The Morgan fingerprint density at radius 3 is 2.68 bits per heavy atom. The van der Waals surface area contributed by atoms with Gasteiger partial charge in [-0.2, -0.15) is 0 Å². The van der Waals surface area contributed by atoms with Crippen LogP contribution in [0.15, 0.2) is 23.0 Å². The summed E-state index contributed by atoms with van der Waals surface area (Å²) in [6.45, 7) is 5.57. The number of hydrogen-bond donors (Lipinski definition) is 1. The predicted octanol–water partition coefficient (Wildman–Crippen LogP) is 4.53. The van der Waals surface area contributed by atoms with Gasteiger partial charge in [-0.1, -0.05) is 36.8 Å². The van der Waals surface area contributed by atoms with Crippen LogP contribution in [-0.2, 0) is 4.74 Å². The number of methoxy groups -OCH3 is 1. The van der Waals surface area contributed by atoms with Gasteiger partial charge in [-0.15, -0.1) is 0 Å². The fraction of sp³-hybridized carbons (Fsp3) is 0.760. The van der Waals surface area contributed by atoms with Gasteiger partial charge in [-0.3, -0.25) is 4.90 Å². The zero-order valence-corrected chi connectivity index (χ0v) is 18.4. The first-order valence-electron chi connectivity index (χ1n) is 11.0. The van der Waals surface area contributed by atoms with E-state index in [2.05, 4.69) is 36.7 Å². The summed E-state index contributed by atoms with van der Waals surface area (Å²) in [4.78, 5) is 2.07. The molecule has 28 heavy (non-hydrogen) atoms. The molecule has 3 nitrogen and oxygen atoms in total. The molecule has 0 aromatic heterocycles. The van der Waals surface area contributed by atoms with Crippen molar-refractivity contribution in [2.75, 3.05) is 27.7 Å². The van der Waals surface area contributed by atoms with Gasteiger partial charge in [0.05, 0.1) is 19.4 Å². The highest BCUT2D eigenvalue weighted by molar-refractivity contribution is 5.37. The van der Waals surface area contributed by atoms with Gasteiger partial charge in [0.25, 0.3) is 0 Å². The van der Waals surface area contributed by atoms with E-state index in [0.29, 0.717) is 18.4 Å². The molecule has 2 saturated carbocycles. The van der Waals surface area contributed by atoms with Crippen molar-refractivity contribution >= 4 is 0 Å². The number of hydrogen-bond acceptors (Lipinski definition) is 3. The van der Waals surface area contributed by atoms with E-state index in [-0.39, 0.29) is 10.8 Å². The van der Waals surface area contributed by atoms with Gasteiger partial charge >= 0.3 is 0 Å². The van der Waals surface area contributed by atoms with E-state index in [1.165, 1.54) is 19.3 Å². The van der Waals surface area contributed by atoms with Crippen molar-refractivity contribution in [3.8, 4) is 11.8 Å². The Bertz CT molecular complexity index is 769. The third kappa shape index (κ3) is 2.87. The molecule has 0 saturated heterocycles. The van der Waals surface area contributed by atoms with Gasteiger partial charge < -0.3 is 9.84 Å². The molecule has 0 amide bonds. The highest BCUT2D eigenvalue weighted by Crippen LogP contribution is 2.68. The molecular formula is C25H37NO2. The quantitative estimate of drug-likeness (QED) is 0.562. The highest BCUT2D eigenvalue weighted by Gasteiger charge is 2.64. The maximum Gasteiger partial charge on any atom is 0.131 e. The van der Waals surface area contributed by atoms with Crippen molar-refractivity contribution in [1.29, 1.82) is 0 Å². The lowest BCUT2D eigenvalue weighted by Gasteiger charge is -2.58. The SMILES string of the molecule is COC1=CCC2=C(CC[C@H]3[C@@H]4CC[C@@](O)(C#CCN(C)C)[C@@]4(C)CC[C@]23C)C1. The van der Waals surface area contributed by atoms with Crippen LogP contribution in [0.25, 0.3) is 0 Å². The summed E-state index contributed by atoms with van der Waals surface area (Å²) in [7, 11) is 5.86. The monoisotopic (exact) mass is 383 g/mol. The maximum atomic E-state index is 11.6. The van der Waals surface area contributed by atoms with Crippen LogP contribution in [0, 0.1) is 34.5 Å². The van der Waals surface area contributed by atoms with E-state index >= 15 is 0 Å². The number of aliphatic hydroxyl groups is 1. The first-order valence-corrected chi connectivity index (χ1v) is 11.0. The van der Waals surface area contributed by atoms with E-state index in [1.54, 1.807) is 18.3 Å². The molecule has 0 heterocycles. The molecule has 0 bridgehead atoms. The summed E-state index contributed by atoms with van der Waals surface area (Å²) in [5, 5.41) is 11.6. The van der Waals surface area contributed by atoms with Crippen molar-refractivity contribution in [1.82, 2.24) is 4.90 Å². The van der Waals surface area contributed by atoms with Crippen LogP contribution < -0.4 is 0 Å². The Labute approximate surface area is 171 Å². The summed E-state index contributed by atoms with van der Waals surface area (Å²) in [5.74, 6) is 8.99. The molecule has 0 aliphatic heterocycles. The van der Waals surface area contributed by atoms with Crippen molar-refractivity contribution in [3.63, 3.8) is 0 Å². The van der Waals surface area contributed by atoms with Gasteiger partial charge in [0, 0.05) is 11.8 Å². The molecule has 5 atom stereocenters. The Kier molecular flexibility index (Phi) is 4.96. The fourth-order valence-electron chi connectivity index (χ4n) is 7.02. The van der Waals surface area contributed by atoms with Crippen LogP contribution in [0.1, 0.15) is 65.2 Å². The number of fused-ring (bicyclic) bond motifs is 4. The number of nitrogens with zero attached hydrogens (tertiary/aromatic N) is 1. The van der Waals surface area contributed by atoms with Gasteiger partial charge in [0.15, 0.2) is 0 Å². The molecule has 0 unspecified atom stereocenters. The van der Waals surface area contributed by atoms with Gasteiger partial charge in [0.1, 0.15) is 5.60 Å². The van der Waals surface area contributed by atoms with Gasteiger partial charge in [-0.25, -0.2) is 0 Å². The van der Waals surface area contributed by atoms with Crippen LogP contribution >= 0.6 is 0 Å². The first-order chi connectivity index (χ1) is 13.2. The zero-order chi connectivity index (χ0) is 20.2. The molecule has 1 N–H and O–H groups in total. The van der Waals surface area contributed by atoms with E-state index in [1.807, 2.05) is 14.1 Å². The smallest absolute Gasteiger partial charge is 0.131 e. The molecule has 4 aliphatic carbocycles. The summed E-state index contributed by atoms with van der Waals surface area (Å²) in [6.07, 6.45) is 11.0. The number of allylic oxidation sites excluding steroid dienone is 3. The van der Waals surface area contributed by atoms with Crippen LogP contribution in [0.5, 0.6) is 0 Å². The van der Waals surface area contributed by atoms with E-state index in [4.69, 9.17) is 4.74 Å². The van der Waals surface area contributed by atoms with Crippen LogP contribution in [0.2, 0.25) is 0 Å². The second-order valence-corrected chi connectivity index (χ2v) is 10.4. The van der Waals surface area contributed by atoms with E-state index < -0.39 is 5.60 Å². The summed E-state index contributed by atoms with van der Waals surface area (Å²) >= 11 is 0. The topological polar surface area (TPSA) is 32.7 Å². The summed E-state index contributed by atoms with van der Waals surface area (Å²) < 4.78 is 5.55. The minimum absolute atomic E-state index is 0.0727. The number of ether oxygens (including phenoxy) is 1. The molecule has 3 heteroatoms. The van der Waals surface area contributed by atoms with Crippen LogP contribution in [-0.4, -0.2) is 43.4 Å². The highest BCUT2D eigenvalue weighted by atomic mass is 16.5. The molecule has 2 fully saturated rings. The van der Waals surface area contributed by atoms with Crippen molar-refractivity contribution < 1.29 is 9.84 Å². The lowest BCUT2D eigenvalue weighted by molar-refractivity contribution is -0.0923. The molecule has 0 radical (unpaired) electrons. The molecule has 4 rings (SSSR count). The average Bonchev–Trinajstić information content (AvgIpc) is 2.92. The Hall–Kier alpha value is -1.24. The van der Waals surface area contributed by atoms with Crippen LogP contribution in [0.3, 0.4) is 0 Å². The van der Waals surface area contributed by atoms with Crippen molar-refractivity contribution in [2.24, 2.45) is 22.7 Å². The second-order valence-electron chi connectivity index (χ2n) is 10.4. The molecule has 0 aromatic carbocycles. The Morgan fingerprint density at radius 2 is 1.96 bits per heavy atom. The average molecular weight is 384 g/mol. The largest absolute Gasteiger partial charge is 0.501 e. The van der Waals surface area contributed by atoms with Gasteiger partial charge in [0.2, 0.25) is 0 Å². The van der Waals surface area contributed by atoms with Gasteiger partial charge in [-0.05, 0) is 82.4 Å². The predicted molar refractivity (Wildman–Crippen MR) is 114 cm³/mol. The third-order valence-electron chi connectivity index (χ3n) is 8.80. The van der Waals surface area contributed by atoms with Crippen molar-refractivity contribution in [3.05, 3.63) is 23.0 Å². The van der Waals surface area contributed by atoms with Crippen LogP contribution in [0.4, 0.5) is 0 Å². The number of rotatable bonds is 2. The minimum Gasteiger partial charge on any atom is -0.501 e. The lowest BCUT2D eigenvalue weighted by atomic mass is 9.47. The van der Waals surface area contributed by atoms with Crippen molar-refractivity contribution in [2.45, 2.75) is 70.8 Å². The second kappa shape index (κ2) is 6.92. The zero-order valence-electron chi connectivity index (χ0n) is 18.4. The molecule has 0 aromatic rings. The normalized spacial score (nSPS) is 42.2. The fourth-order valence-corrected chi connectivity index (χ4v) is 7.02. The van der Waals surface area contributed by atoms with E-state index in [0.717, 1.165) is 37.9 Å².